The fourth-order valence-electron chi connectivity index (χ4n) is 14.0. The second-order valence-electron chi connectivity index (χ2n) is 23.9. The molecule has 0 amide bonds. The van der Waals surface area contributed by atoms with Crippen LogP contribution >= 0.6 is 0 Å². The van der Waals surface area contributed by atoms with Crippen molar-refractivity contribution in [2.45, 2.75) is 115 Å². The molecule has 4 heteroatoms. The van der Waals surface area contributed by atoms with Crippen LogP contribution in [0.2, 0.25) is 0 Å². The Morgan fingerprint density at radius 2 is 1.04 bits per heavy atom. The Bertz CT molecular complexity index is 3440. The van der Waals surface area contributed by atoms with E-state index in [2.05, 4.69) is 253 Å². The van der Waals surface area contributed by atoms with Gasteiger partial charge in [-0.3, -0.25) is 0 Å². The van der Waals surface area contributed by atoms with Crippen LogP contribution in [0.25, 0.3) is 11.1 Å². The molecule has 5 aliphatic rings. The van der Waals surface area contributed by atoms with Crippen LogP contribution in [-0.2, 0) is 33.6 Å². The molecule has 0 bridgehead atoms. The molecule has 2 atom stereocenters. The first kappa shape index (κ1) is 43.3. The largest absolute Gasteiger partial charge is 0.330 e. The Hall–Kier alpha value is -6.78. The lowest BCUT2D eigenvalue weighted by atomic mass is 9.33. The second-order valence-corrected chi connectivity index (χ2v) is 23.9. The summed E-state index contributed by atoms with van der Waals surface area (Å²) in [6.45, 7) is 22.1. The van der Waals surface area contributed by atoms with E-state index in [1.165, 1.54) is 106 Å². The molecule has 3 heterocycles. The molecule has 0 radical (unpaired) electrons. The van der Waals surface area contributed by atoms with Gasteiger partial charge in [0.1, 0.15) is 0 Å². The number of fused-ring (bicyclic) bond motifs is 10. The van der Waals surface area contributed by atoms with E-state index < -0.39 is 0 Å². The maximum absolute atomic E-state index is 2.77. The molecule has 2 unspecified atom stereocenters. The van der Waals surface area contributed by atoms with Crippen LogP contribution in [0.15, 0.2) is 176 Å². The quantitative estimate of drug-likeness (QED) is 0.163. The van der Waals surface area contributed by atoms with Gasteiger partial charge in [-0.15, -0.1) is 0 Å². The first-order valence-electron chi connectivity index (χ1n) is 25.9. The van der Waals surface area contributed by atoms with Crippen LogP contribution in [0.1, 0.15) is 115 Å². The Morgan fingerprint density at radius 3 is 1.76 bits per heavy atom. The van der Waals surface area contributed by atoms with Crippen molar-refractivity contribution in [1.29, 1.82) is 0 Å². The van der Waals surface area contributed by atoms with E-state index in [1.807, 2.05) is 0 Å². The molecule has 0 saturated heterocycles. The van der Waals surface area contributed by atoms with Gasteiger partial charge in [0.15, 0.2) is 0 Å². The van der Waals surface area contributed by atoms with Crippen molar-refractivity contribution >= 4 is 68.6 Å². The Morgan fingerprint density at radius 1 is 0.443 bits per heavy atom. The highest BCUT2D eigenvalue weighted by Crippen LogP contribution is 2.64. The Labute approximate surface area is 416 Å². The summed E-state index contributed by atoms with van der Waals surface area (Å²) in [6.07, 6.45) is 4.45. The standard InChI is InChI=1S/C66H64BN3/c1-62(2,3)45-32-33-55(48(38-45)43-22-12-10-13-23-43)69-58-42-52-51(63(4,5)36-37-64(52,6)7)41-54(58)67-53-29-19-21-31-57(53)68(46-25-14-11-15-26-46)59-39-47(40-60(69)61(59)67)70-56-30-20-18-28-50(56)65(8)35-34-44-24-16-17-27-49(44)66(65,70)9/h10-33,38-42H,34-37H2,1-9H3. The fraction of sp³-hybridized carbons (Fsp3) is 0.273. The molecule has 70 heavy (non-hydrogen) atoms. The van der Waals surface area contributed by atoms with Crippen molar-refractivity contribution in [3.8, 4) is 11.1 Å². The van der Waals surface area contributed by atoms with E-state index in [4.69, 9.17) is 0 Å². The first-order valence-corrected chi connectivity index (χ1v) is 25.9. The number of rotatable bonds is 4. The molecule has 8 aromatic carbocycles. The summed E-state index contributed by atoms with van der Waals surface area (Å²) in [6, 6.07) is 68.1. The second kappa shape index (κ2) is 14.9. The minimum absolute atomic E-state index is 0.00347. The smallest absolute Gasteiger partial charge is 0.252 e. The molecule has 3 aliphatic heterocycles. The summed E-state index contributed by atoms with van der Waals surface area (Å²) in [5, 5.41) is 0. The third-order valence-corrected chi connectivity index (χ3v) is 18.1. The summed E-state index contributed by atoms with van der Waals surface area (Å²) in [5.41, 5.74) is 24.6. The summed E-state index contributed by atoms with van der Waals surface area (Å²) in [5.74, 6) is 0. The van der Waals surface area contributed by atoms with Gasteiger partial charge in [0.25, 0.3) is 6.71 Å². The molecule has 0 aromatic heterocycles. The highest BCUT2D eigenvalue weighted by Gasteiger charge is 2.60. The molecular weight excluding hydrogens is 846 g/mol. The molecule has 0 N–H and O–H groups in total. The third-order valence-electron chi connectivity index (χ3n) is 18.1. The minimum atomic E-state index is -0.369. The van der Waals surface area contributed by atoms with E-state index >= 15 is 0 Å². The van der Waals surface area contributed by atoms with Gasteiger partial charge in [0.2, 0.25) is 0 Å². The maximum Gasteiger partial charge on any atom is 0.252 e. The summed E-state index contributed by atoms with van der Waals surface area (Å²) in [4.78, 5) is 8.07. The van der Waals surface area contributed by atoms with Gasteiger partial charge >= 0.3 is 0 Å². The molecule has 0 saturated carbocycles. The average Bonchev–Trinajstić information content (AvgIpc) is 3.58. The predicted molar refractivity (Wildman–Crippen MR) is 298 cm³/mol. The zero-order valence-electron chi connectivity index (χ0n) is 42.5. The Balaban J connectivity index is 1.20. The molecule has 13 rings (SSSR count). The lowest BCUT2D eigenvalue weighted by Gasteiger charge is -2.52. The van der Waals surface area contributed by atoms with Crippen molar-refractivity contribution in [3.05, 3.63) is 209 Å². The van der Waals surface area contributed by atoms with Gasteiger partial charge in [-0.1, -0.05) is 177 Å². The van der Waals surface area contributed by atoms with Gasteiger partial charge < -0.3 is 14.7 Å². The zero-order valence-corrected chi connectivity index (χ0v) is 42.5. The van der Waals surface area contributed by atoms with Crippen molar-refractivity contribution in [1.82, 2.24) is 0 Å². The van der Waals surface area contributed by atoms with Crippen LogP contribution in [0.4, 0.5) is 45.5 Å². The van der Waals surface area contributed by atoms with E-state index in [0.717, 1.165) is 25.7 Å². The third kappa shape index (κ3) is 5.95. The molecule has 3 nitrogen and oxygen atoms in total. The van der Waals surface area contributed by atoms with Gasteiger partial charge in [0.05, 0.1) is 11.2 Å². The number of hydrogen-bond acceptors (Lipinski definition) is 3. The SMILES string of the molecule is CC(C)(C)c1ccc(N2c3cc4c(cc3B3c5ccccc5N(c5ccccc5)c5cc(N6c7ccccc7C7(C)CCc8ccccc8C67C)cc2c53)C(C)(C)CCC4(C)C)c(-c2ccccc2)c1. The molecule has 0 spiro atoms. The number of para-hydroxylation sites is 3. The summed E-state index contributed by atoms with van der Waals surface area (Å²) < 4.78 is 0. The normalized spacial score (nSPS) is 20.9. The number of nitrogens with zero attached hydrogens (tertiary/aromatic N) is 3. The number of anilines is 8. The Kier molecular flexibility index (Phi) is 9.19. The lowest BCUT2D eigenvalue weighted by molar-refractivity contribution is 0.245. The molecule has 8 aromatic rings. The van der Waals surface area contributed by atoms with Crippen molar-refractivity contribution in [2.75, 3.05) is 14.7 Å². The lowest BCUT2D eigenvalue weighted by Crippen LogP contribution is -2.62. The summed E-state index contributed by atoms with van der Waals surface area (Å²) >= 11 is 0. The highest BCUT2D eigenvalue weighted by atomic mass is 15.3. The van der Waals surface area contributed by atoms with Crippen LogP contribution in [0, 0.1) is 0 Å². The molecular formula is C66H64BN3. The van der Waals surface area contributed by atoms with Crippen LogP contribution in [0.3, 0.4) is 0 Å². The van der Waals surface area contributed by atoms with E-state index in [-0.39, 0.29) is 33.9 Å². The molecule has 346 valence electrons. The molecule has 0 fully saturated rings. The summed E-state index contributed by atoms with van der Waals surface area (Å²) in [7, 11) is 0. The first-order chi connectivity index (χ1) is 33.6. The monoisotopic (exact) mass is 910 g/mol. The number of aryl methyl sites for hydroxylation is 1. The average molecular weight is 910 g/mol. The van der Waals surface area contributed by atoms with Crippen LogP contribution < -0.4 is 31.1 Å². The van der Waals surface area contributed by atoms with Crippen molar-refractivity contribution in [2.24, 2.45) is 0 Å². The van der Waals surface area contributed by atoms with Gasteiger partial charge in [0, 0.05) is 50.8 Å². The van der Waals surface area contributed by atoms with Crippen molar-refractivity contribution in [3.63, 3.8) is 0 Å². The zero-order chi connectivity index (χ0) is 48.1. The number of hydrogen-bond donors (Lipinski definition) is 0. The molecule has 2 aliphatic carbocycles. The minimum Gasteiger partial charge on any atom is -0.330 e. The topological polar surface area (TPSA) is 9.72 Å². The fourth-order valence-corrected chi connectivity index (χ4v) is 14.0. The van der Waals surface area contributed by atoms with Gasteiger partial charge in [-0.25, -0.2) is 0 Å². The van der Waals surface area contributed by atoms with E-state index in [0.29, 0.717) is 0 Å². The highest BCUT2D eigenvalue weighted by molar-refractivity contribution is 7.00. The number of benzene rings is 8. The van der Waals surface area contributed by atoms with Gasteiger partial charge in [-0.05, 0) is 159 Å². The van der Waals surface area contributed by atoms with Gasteiger partial charge in [-0.2, -0.15) is 0 Å². The maximum atomic E-state index is 2.77. The predicted octanol–water partition coefficient (Wildman–Crippen LogP) is 15.4. The van der Waals surface area contributed by atoms with Crippen molar-refractivity contribution < 1.29 is 0 Å². The van der Waals surface area contributed by atoms with E-state index in [1.54, 1.807) is 0 Å². The van der Waals surface area contributed by atoms with E-state index in [9.17, 15) is 0 Å². The van der Waals surface area contributed by atoms with Crippen LogP contribution in [-0.4, -0.2) is 6.71 Å². The van der Waals surface area contributed by atoms with Crippen LogP contribution in [0.5, 0.6) is 0 Å².